The van der Waals surface area contributed by atoms with E-state index in [2.05, 4.69) is 166 Å². The molecule has 2 heterocycles. The normalized spacial score (nSPS) is 11.9. The average Bonchev–Trinajstić information content (AvgIpc) is 3.67. The van der Waals surface area contributed by atoms with Crippen molar-refractivity contribution in [3.05, 3.63) is 145 Å². The summed E-state index contributed by atoms with van der Waals surface area (Å²) in [5, 5.41) is 2.79. The first kappa shape index (κ1) is 29.0. The summed E-state index contributed by atoms with van der Waals surface area (Å²) in [6.45, 7) is 9.31. The zero-order valence-corrected chi connectivity index (χ0v) is 29.0. The summed E-state index contributed by atoms with van der Waals surface area (Å²) in [4.78, 5) is 5.40. The quantitative estimate of drug-likeness (QED) is 0.157. The number of imidazole rings is 1. The summed E-state index contributed by atoms with van der Waals surface area (Å²) in [7, 11) is 0. The minimum absolute atomic E-state index is 0.324. The van der Waals surface area contributed by atoms with Gasteiger partial charge in [0.25, 0.3) is 0 Å². The van der Waals surface area contributed by atoms with Crippen LogP contribution in [0.4, 0.5) is 0 Å². The second-order valence-electron chi connectivity index (χ2n) is 12.8. The van der Waals surface area contributed by atoms with Crippen molar-refractivity contribution >= 4 is 49.0 Å². The number of nitrogens with zero attached hydrogens (tertiary/aromatic N) is 2. The average molecular weight is 708 g/mol. The van der Waals surface area contributed by atoms with Crippen LogP contribution in [-0.2, 0) is 0 Å². The fourth-order valence-electron chi connectivity index (χ4n) is 6.83. The van der Waals surface area contributed by atoms with Gasteiger partial charge in [0.05, 0.1) is 0 Å². The third kappa shape index (κ3) is 4.91. The van der Waals surface area contributed by atoms with Crippen molar-refractivity contribution in [2.24, 2.45) is 0 Å². The van der Waals surface area contributed by atoms with Gasteiger partial charge in [0.15, 0.2) is 0 Å². The van der Waals surface area contributed by atoms with E-state index in [4.69, 9.17) is 4.98 Å². The molecule has 0 bridgehead atoms. The van der Waals surface area contributed by atoms with Crippen LogP contribution >= 0.6 is 0 Å². The van der Waals surface area contributed by atoms with Crippen LogP contribution in [0.25, 0.3) is 67.9 Å². The van der Waals surface area contributed by atoms with Crippen LogP contribution in [0.1, 0.15) is 50.7 Å². The van der Waals surface area contributed by atoms with Crippen molar-refractivity contribution in [3.63, 3.8) is 0 Å². The van der Waals surface area contributed by atoms with Crippen molar-refractivity contribution in [2.45, 2.75) is 39.5 Å². The van der Waals surface area contributed by atoms with Gasteiger partial charge in [-0.05, 0) is 5.56 Å². The maximum atomic E-state index is 5.40. The van der Waals surface area contributed by atoms with Gasteiger partial charge in [0.1, 0.15) is 0 Å². The van der Waals surface area contributed by atoms with Crippen LogP contribution in [-0.4, -0.2) is 30.0 Å². The van der Waals surface area contributed by atoms with E-state index in [0.29, 0.717) is 11.8 Å². The molecule has 0 unspecified atom stereocenters. The molecule has 0 atom stereocenters. The number of para-hydroxylation sites is 2. The molecule has 3 heteroatoms. The van der Waals surface area contributed by atoms with Crippen LogP contribution in [0, 0.1) is 0 Å². The molecule has 0 aliphatic carbocycles. The third-order valence-electron chi connectivity index (χ3n) is 9.17. The van der Waals surface area contributed by atoms with Crippen LogP contribution < -0.4 is 0 Å². The Kier molecular flexibility index (Phi) is 7.41. The molecular weight excluding hydrogens is 672 g/mol. The van der Waals surface area contributed by atoms with Gasteiger partial charge >= 0.3 is 246 Å². The standard InChI is InChI=1S/C43H36N2Te/c1-27(2)36-25-32(31-23-21-30(22-24-31)29-13-6-5-7-14-29)26-37(28(3)4)41(36)45-39-19-10-9-18-38(39)44-43(45)35-17-12-16-34-33-15-8-11-20-40(33)46-42(34)35/h5-28H,1-4H3. The van der Waals surface area contributed by atoms with Gasteiger partial charge in [0, 0.05) is 0 Å². The van der Waals surface area contributed by atoms with E-state index in [1.165, 1.54) is 62.2 Å². The predicted octanol–water partition coefficient (Wildman–Crippen LogP) is 11.6. The summed E-state index contributed by atoms with van der Waals surface area (Å²) in [5.41, 5.74) is 12.5. The molecule has 0 radical (unpaired) electrons. The molecule has 0 aliphatic heterocycles. The molecule has 46 heavy (non-hydrogen) atoms. The van der Waals surface area contributed by atoms with E-state index in [9.17, 15) is 0 Å². The molecule has 0 N–H and O–H groups in total. The SMILES string of the molecule is CC(C)c1cc(-c2ccc(-c3ccccc3)cc2)cc(C(C)C)c1-n1c(-c2cccc3c2[te]c2ccccc23)nc2ccccc21. The molecule has 8 aromatic rings. The van der Waals surface area contributed by atoms with Crippen LogP contribution in [0.2, 0.25) is 0 Å². The molecule has 0 saturated heterocycles. The molecule has 0 amide bonds. The molecule has 0 aliphatic rings. The summed E-state index contributed by atoms with van der Waals surface area (Å²) in [6.07, 6.45) is 0. The number of rotatable bonds is 6. The van der Waals surface area contributed by atoms with Crippen molar-refractivity contribution in [1.29, 1.82) is 0 Å². The Hall–Kier alpha value is -4.42. The molecule has 2 nitrogen and oxygen atoms in total. The molecule has 8 rings (SSSR count). The molecule has 6 aromatic carbocycles. The first-order valence-electron chi connectivity index (χ1n) is 16.2. The number of fused-ring (bicyclic) bond motifs is 4. The van der Waals surface area contributed by atoms with E-state index >= 15 is 0 Å². The van der Waals surface area contributed by atoms with E-state index in [1.807, 2.05) is 0 Å². The van der Waals surface area contributed by atoms with Crippen LogP contribution in [0.5, 0.6) is 0 Å². The van der Waals surface area contributed by atoms with E-state index in [0.717, 1.165) is 16.9 Å². The maximum absolute atomic E-state index is 5.40. The van der Waals surface area contributed by atoms with Crippen molar-refractivity contribution in [2.75, 3.05) is 0 Å². The molecule has 0 fully saturated rings. The van der Waals surface area contributed by atoms with Gasteiger partial charge < -0.3 is 0 Å². The monoisotopic (exact) mass is 710 g/mol. The van der Waals surface area contributed by atoms with Crippen molar-refractivity contribution in [3.8, 4) is 39.3 Å². The second kappa shape index (κ2) is 11.7. The molecular formula is C43H36N2Te. The van der Waals surface area contributed by atoms with Gasteiger partial charge in [-0.1, -0.05) is 30.3 Å². The Morgan fingerprint density at radius 3 is 1.85 bits per heavy atom. The molecule has 0 spiro atoms. The zero-order chi connectivity index (χ0) is 31.4. The Morgan fingerprint density at radius 1 is 0.543 bits per heavy atom. The zero-order valence-electron chi connectivity index (χ0n) is 26.7. The van der Waals surface area contributed by atoms with Gasteiger partial charge in [-0.15, -0.1) is 0 Å². The predicted molar refractivity (Wildman–Crippen MR) is 198 cm³/mol. The Labute approximate surface area is 280 Å². The topological polar surface area (TPSA) is 17.8 Å². The fraction of sp³-hybridized carbons (Fsp3) is 0.140. The van der Waals surface area contributed by atoms with Gasteiger partial charge in [-0.2, -0.15) is 0 Å². The van der Waals surface area contributed by atoms with Gasteiger partial charge in [0.2, 0.25) is 0 Å². The van der Waals surface area contributed by atoms with Crippen LogP contribution in [0.15, 0.2) is 133 Å². The number of hydrogen-bond acceptors (Lipinski definition) is 1. The van der Waals surface area contributed by atoms with E-state index in [1.54, 1.807) is 0 Å². The van der Waals surface area contributed by atoms with E-state index in [-0.39, 0.29) is 0 Å². The minimum atomic E-state index is -0.533. The first-order chi connectivity index (χ1) is 22.5. The Morgan fingerprint density at radius 2 is 1.13 bits per heavy atom. The number of hydrogen-bond donors (Lipinski definition) is 0. The van der Waals surface area contributed by atoms with Gasteiger partial charge in [-0.3, -0.25) is 0 Å². The summed E-state index contributed by atoms with van der Waals surface area (Å²) >= 11 is -0.533. The summed E-state index contributed by atoms with van der Waals surface area (Å²) in [5.74, 6) is 1.70. The second-order valence-corrected chi connectivity index (χ2v) is 15.8. The Balaban J connectivity index is 1.38. The first-order valence-corrected chi connectivity index (χ1v) is 18.5. The molecule has 0 saturated carbocycles. The summed E-state index contributed by atoms with van der Waals surface area (Å²) < 4.78 is 5.51. The number of aromatic nitrogens is 2. The van der Waals surface area contributed by atoms with Crippen LogP contribution in [0.3, 0.4) is 0 Å². The molecule has 2 aromatic heterocycles. The summed E-state index contributed by atoms with van der Waals surface area (Å²) in [6, 6.07) is 49.0. The van der Waals surface area contributed by atoms with Gasteiger partial charge in [-0.25, -0.2) is 0 Å². The third-order valence-corrected chi connectivity index (χ3v) is 12.6. The molecule has 224 valence electrons. The van der Waals surface area contributed by atoms with Crippen molar-refractivity contribution in [1.82, 2.24) is 9.55 Å². The van der Waals surface area contributed by atoms with E-state index < -0.39 is 20.4 Å². The Bertz CT molecular complexity index is 2330. The fourth-order valence-corrected chi connectivity index (χ4v) is 10.3. The number of benzene rings is 6. The van der Waals surface area contributed by atoms with Crippen molar-refractivity contribution < 1.29 is 0 Å².